The molecule has 0 radical (unpaired) electrons. The van der Waals surface area contributed by atoms with E-state index in [0.29, 0.717) is 22.2 Å². The molecule has 4 aromatic rings. The number of amides is 1. The summed E-state index contributed by atoms with van der Waals surface area (Å²) in [6.45, 7) is 2.83. The molecule has 182 valence electrons. The summed E-state index contributed by atoms with van der Waals surface area (Å²) in [6.07, 6.45) is -4.64. The van der Waals surface area contributed by atoms with Gasteiger partial charge in [0.2, 0.25) is 0 Å². The summed E-state index contributed by atoms with van der Waals surface area (Å²) in [6, 6.07) is 13.7. The molecular weight excluding hydrogens is 469 g/mol. The van der Waals surface area contributed by atoms with Crippen LogP contribution in [0.2, 0.25) is 0 Å². The van der Waals surface area contributed by atoms with Crippen LogP contribution < -0.4 is 10.1 Å². The van der Waals surface area contributed by atoms with Crippen molar-refractivity contribution in [1.82, 2.24) is 15.1 Å². The van der Waals surface area contributed by atoms with Crippen LogP contribution in [0.25, 0.3) is 16.6 Å². The van der Waals surface area contributed by atoms with Crippen molar-refractivity contribution in [2.24, 2.45) is 0 Å². The third-order valence-electron chi connectivity index (χ3n) is 5.56. The van der Waals surface area contributed by atoms with Gasteiger partial charge in [0.1, 0.15) is 23.5 Å². The van der Waals surface area contributed by atoms with Crippen molar-refractivity contribution in [1.29, 1.82) is 0 Å². The van der Waals surface area contributed by atoms with Gasteiger partial charge < -0.3 is 10.1 Å². The Morgan fingerprint density at radius 3 is 2.46 bits per heavy atom. The minimum absolute atomic E-state index is 0.191. The van der Waals surface area contributed by atoms with Crippen LogP contribution in [-0.2, 0) is 4.79 Å². The zero-order chi connectivity index (χ0) is 25.3. The molecule has 4 rings (SSSR count). The summed E-state index contributed by atoms with van der Waals surface area (Å²) in [4.78, 5) is 11.5. The Balaban J connectivity index is 1.68. The number of hydrogen-bond donors (Lipinski definition) is 1. The molecule has 2 unspecified atom stereocenters. The standard InChI is InChI=1S/C25H20F5N3O2/c1-14-20(4-3-5-21(14)27)23(15(2)32-24(34)25(28,29)30)35-19-10-11-22-16(12-19)13-31-33(22)18-8-6-17(26)7-9-18/h3-13,15,23H,1-2H3,(H,32,34). The molecule has 0 aliphatic carbocycles. The lowest BCUT2D eigenvalue weighted by atomic mass is 9.98. The van der Waals surface area contributed by atoms with E-state index in [2.05, 4.69) is 5.10 Å². The third kappa shape index (κ3) is 5.11. The van der Waals surface area contributed by atoms with Gasteiger partial charge in [-0.3, -0.25) is 4.79 Å². The smallest absolute Gasteiger partial charge is 0.471 e. The van der Waals surface area contributed by atoms with Gasteiger partial charge in [0, 0.05) is 10.9 Å². The zero-order valence-electron chi connectivity index (χ0n) is 18.6. The average molecular weight is 489 g/mol. The number of aromatic nitrogens is 2. The summed E-state index contributed by atoms with van der Waals surface area (Å²) in [5.74, 6) is -2.78. The molecule has 1 N–H and O–H groups in total. The maximum atomic E-state index is 14.2. The van der Waals surface area contributed by atoms with E-state index >= 15 is 0 Å². The molecule has 0 fully saturated rings. The second kappa shape index (κ2) is 9.36. The Kier molecular flexibility index (Phi) is 6.47. The Hall–Kier alpha value is -3.95. The van der Waals surface area contributed by atoms with E-state index in [4.69, 9.17) is 4.74 Å². The Labute approximate surface area is 197 Å². The highest BCUT2D eigenvalue weighted by Crippen LogP contribution is 2.31. The van der Waals surface area contributed by atoms with E-state index < -0.39 is 30.0 Å². The van der Waals surface area contributed by atoms with E-state index in [1.807, 2.05) is 5.32 Å². The van der Waals surface area contributed by atoms with Crippen LogP contribution in [0.3, 0.4) is 0 Å². The van der Waals surface area contributed by atoms with Crippen LogP contribution in [0.4, 0.5) is 22.0 Å². The van der Waals surface area contributed by atoms with E-state index in [0.717, 1.165) is 0 Å². The molecule has 5 nitrogen and oxygen atoms in total. The summed E-state index contributed by atoms with van der Waals surface area (Å²) in [5, 5.41) is 6.85. The number of nitrogens with one attached hydrogen (secondary N) is 1. The van der Waals surface area contributed by atoms with Gasteiger partial charge in [-0.25, -0.2) is 13.5 Å². The quantitative estimate of drug-likeness (QED) is 0.349. The predicted octanol–water partition coefficient (Wildman–Crippen LogP) is 5.80. The summed E-state index contributed by atoms with van der Waals surface area (Å²) in [5.41, 5.74) is 1.80. The van der Waals surface area contributed by atoms with Crippen molar-refractivity contribution in [2.45, 2.75) is 32.2 Å². The van der Waals surface area contributed by atoms with Gasteiger partial charge in [0.25, 0.3) is 0 Å². The predicted molar refractivity (Wildman–Crippen MR) is 119 cm³/mol. The van der Waals surface area contributed by atoms with Crippen molar-refractivity contribution in [3.05, 3.63) is 89.6 Å². The molecule has 0 saturated carbocycles. The third-order valence-corrected chi connectivity index (χ3v) is 5.56. The fourth-order valence-electron chi connectivity index (χ4n) is 3.75. The molecule has 1 heterocycles. The average Bonchev–Trinajstić information content (AvgIpc) is 3.22. The highest BCUT2D eigenvalue weighted by atomic mass is 19.4. The fraction of sp³-hybridized carbons (Fsp3) is 0.200. The summed E-state index contributed by atoms with van der Waals surface area (Å²) >= 11 is 0. The number of carbonyl (C=O) groups excluding carboxylic acids is 1. The van der Waals surface area contributed by atoms with Gasteiger partial charge in [-0.05, 0) is 67.9 Å². The van der Waals surface area contributed by atoms with Crippen molar-refractivity contribution < 1.29 is 31.5 Å². The molecule has 3 aromatic carbocycles. The molecule has 0 aliphatic heterocycles. The normalized spacial score (nSPS) is 13.5. The molecule has 2 atom stereocenters. The highest BCUT2D eigenvalue weighted by Gasteiger charge is 2.40. The number of carbonyl (C=O) groups is 1. The van der Waals surface area contributed by atoms with Crippen LogP contribution in [0, 0.1) is 18.6 Å². The van der Waals surface area contributed by atoms with Gasteiger partial charge in [-0.1, -0.05) is 12.1 Å². The van der Waals surface area contributed by atoms with Crippen LogP contribution in [-0.4, -0.2) is 27.9 Å². The van der Waals surface area contributed by atoms with Gasteiger partial charge in [-0.2, -0.15) is 18.3 Å². The number of halogens is 5. The van der Waals surface area contributed by atoms with Crippen LogP contribution in [0.5, 0.6) is 5.75 Å². The first-order valence-electron chi connectivity index (χ1n) is 10.6. The molecule has 0 saturated heterocycles. The number of alkyl halides is 3. The molecule has 35 heavy (non-hydrogen) atoms. The Bertz CT molecular complexity index is 1370. The molecule has 0 spiro atoms. The number of nitrogens with zero attached hydrogens (tertiary/aromatic N) is 2. The number of rotatable bonds is 6. The van der Waals surface area contributed by atoms with Crippen molar-refractivity contribution in [3.8, 4) is 11.4 Å². The number of hydrogen-bond acceptors (Lipinski definition) is 3. The lowest BCUT2D eigenvalue weighted by Gasteiger charge is -2.28. The molecule has 1 aromatic heterocycles. The fourth-order valence-corrected chi connectivity index (χ4v) is 3.75. The number of benzene rings is 3. The summed E-state index contributed by atoms with van der Waals surface area (Å²) < 4.78 is 73.6. The largest absolute Gasteiger partial charge is 0.484 e. The van der Waals surface area contributed by atoms with Gasteiger partial charge in [0.05, 0.1) is 23.4 Å². The van der Waals surface area contributed by atoms with Crippen LogP contribution in [0.1, 0.15) is 24.2 Å². The summed E-state index contributed by atoms with van der Waals surface area (Å²) in [7, 11) is 0. The first-order chi connectivity index (χ1) is 16.5. The SMILES string of the molecule is Cc1c(F)cccc1C(Oc1ccc2c(cnn2-c2ccc(F)cc2)c1)C(C)NC(=O)C(F)(F)F. The molecule has 10 heteroatoms. The maximum absolute atomic E-state index is 14.2. The van der Waals surface area contributed by atoms with E-state index in [1.54, 1.807) is 41.2 Å². The lowest BCUT2D eigenvalue weighted by molar-refractivity contribution is -0.174. The Morgan fingerprint density at radius 1 is 1.06 bits per heavy atom. The van der Waals surface area contributed by atoms with Crippen molar-refractivity contribution in [2.75, 3.05) is 0 Å². The van der Waals surface area contributed by atoms with E-state index in [-0.39, 0.29) is 17.1 Å². The van der Waals surface area contributed by atoms with Crippen molar-refractivity contribution in [3.63, 3.8) is 0 Å². The van der Waals surface area contributed by atoms with E-state index in [9.17, 15) is 26.7 Å². The topological polar surface area (TPSA) is 56.1 Å². The molecular formula is C25H20F5N3O2. The Morgan fingerprint density at radius 2 is 1.77 bits per heavy atom. The van der Waals surface area contributed by atoms with Gasteiger partial charge in [-0.15, -0.1) is 0 Å². The van der Waals surface area contributed by atoms with Gasteiger partial charge in [0.15, 0.2) is 0 Å². The van der Waals surface area contributed by atoms with Crippen LogP contribution in [0.15, 0.2) is 66.9 Å². The maximum Gasteiger partial charge on any atom is 0.471 e. The number of ether oxygens (including phenoxy) is 1. The number of fused-ring (bicyclic) bond motifs is 1. The van der Waals surface area contributed by atoms with Crippen molar-refractivity contribution >= 4 is 16.8 Å². The molecule has 0 bridgehead atoms. The molecule has 1 amide bonds. The second-order valence-corrected chi connectivity index (χ2v) is 8.01. The first kappa shape index (κ1) is 24.2. The second-order valence-electron chi connectivity index (χ2n) is 8.01. The highest BCUT2D eigenvalue weighted by molar-refractivity contribution is 5.82. The van der Waals surface area contributed by atoms with Gasteiger partial charge >= 0.3 is 12.1 Å². The first-order valence-corrected chi connectivity index (χ1v) is 10.6. The minimum atomic E-state index is -5.08. The van der Waals surface area contributed by atoms with E-state index in [1.165, 1.54) is 44.2 Å². The lowest BCUT2D eigenvalue weighted by Crippen LogP contribution is -2.45. The monoisotopic (exact) mass is 489 g/mol. The zero-order valence-corrected chi connectivity index (χ0v) is 18.6. The van der Waals surface area contributed by atoms with Crippen LogP contribution >= 0.6 is 0 Å². The minimum Gasteiger partial charge on any atom is -0.484 e. The molecule has 0 aliphatic rings.